The minimum atomic E-state index is 0.547. The highest BCUT2D eigenvalue weighted by Crippen LogP contribution is 2.24. The van der Waals surface area contributed by atoms with Crippen LogP contribution in [0.3, 0.4) is 0 Å². The van der Waals surface area contributed by atoms with Gasteiger partial charge in [-0.15, -0.1) is 11.3 Å². The van der Waals surface area contributed by atoms with Gasteiger partial charge in [0.2, 0.25) is 5.13 Å². The van der Waals surface area contributed by atoms with Gasteiger partial charge in [-0.05, 0) is 17.0 Å². The van der Waals surface area contributed by atoms with Crippen LogP contribution in [0.25, 0.3) is 11.3 Å². The molecule has 1 aromatic heterocycles. The summed E-state index contributed by atoms with van der Waals surface area (Å²) in [6.45, 7) is 4.38. The molecule has 0 unspecified atom stereocenters. The van der Waals surface area contributed by atoms with Gasteiger partial charge in [0.15, 0.2) is 0 Å². The van der Waals surface area contributed by atoms with E-state index in [0.29, 0.717) is 5.92 Å². The number of hydrazone groups is 1. The molecule has 1 heterocycles. The number of aromatic nitrogens is 1. The zero-order valence-electron chi connectivity index (χ0n) is 13.2. The number of rotatable bonds is 5. The lowest BCUT2D eigenvalue weighted by atomic mass is 10.0. The zero-order chi connectivity index (χ0) is 16.1. The van der Waals surface area contributed by atoms with Crippen molar-refractivity contribution < 1.29 is 0 Å². The molecule has 0 atom stereocenters. The van der Waals surface area contributed by atoms with Gasteiger partial charge in [-0.1, -0.05) is 68.4 Å². The monoisotopic (exact) mass is 321 g/mol. The first-order valence-corrected chi connectivity index (χ1v) is 8.50. The standard InChI is InChI=1S/C19H19N3S/c1-14(2)16-10-8-15(9-11-16)12-20-22-19-21-18(13-23-19)17-6-4-3-5-7-17/h3-14H,1-2H3,(H,21,22). The van der Waals surface area contributed by atoms with Crippen LogP contribution in [0.15, 0.2) is 65.1 Å². The number of benzene rings is 2. The molecule has 0 bridgehead atoms. The third-order valence-corrected chi connectivity index (χ3v) is 4.30. The van der Waals surface area contributed by atoms with Gasteiger partial charge in [-0.3, -0.25) is 5.43 Å². The quantitative estimate of drug-likeness (QED) is 0.506. The lowest BCUT2D eigenvalue weighted by Crippen LogP contribution is -1.91. The van der Waals surface area contributed by atoms with Crippen LogP contribution < -0.4 is 5.43 Å². The second-order valence-electron chi connectivity index (χ2n) is 5.60. The maximum atomic E-state index is 4.54. The number of nitrogens with one attached hydrogen (secondary N) is 1. The molecule has 0 radical (unpaired) electrons. The van der Waals surface area contributed by atoms with Gasteiger partial charge in [-0.2, -0.15) is 5.10 Å². The highest BCUT2D eigenvalue weighted by molar-refractivity contribution is 7.14. The number of thiazole rings is 1. The second-order valence-corrected chi connectivity index (χ2v) is 6.45. The van der Waals surface area contributed by atoms with Crippen molar-refractivity contribution in [1.82, 2.24) is 4.98 Å². The molecule has 0 aliphatic rings. The predicted molar refractivity (Wildman–Crippen MR) is 99.3 cm³/mol. The van der Waals surface area contributed by atoms with Gasteiger partial charge in [0, 0.05) is 10.9 Å². The molecule has 0 aliphatic heterocycles. The topological polar surface area (TPSA) is 37.3 Å². The lowest BCUT2D eigenvalue weighted by Gasteiger charge is -2.04. The van der Waals surface area contributed by atoms with E-state index in [9.17, 15) is 0 Å². The average molecular weight is 321 g/mol. The fraction of sp³-hybridized carbons (Fsp3) is 0.158. The summed E-state index contributed by atoms with van der Waals surface area (Å²) in [4.78, 5) is 4.54. The van der Waals surface area contributed by atoms with E-state index in [0.717, 1.165) is 22.0 Å². The Morgan fingerprint density at radius 1 is 1.04 bits per heavy atom. The Bertz CT molecular complexity index is 774. The Kier molecular flexibility index (Phi) is 4.83. The Morgan fingerprint density at radius 3 is 2.48 bits per heavy atom. The van der Waals surface area contributed by atoms with Crippen molar-refractivity contribution in [2.75, 3.05) is 5.43 Å². The van der Waals surface area contributed by atoms with E-state index >= 15 is 0 Å². The molecule has 0 amide bonds. The van der Waals surface area contributed by atoms with Crippen molar-refractivity contribution in [3.63, 3.8) is 0 Å². The third kappa shape index (κ3) is 4.05. The van der Waals surface area contributed by atoms with Crippen LogP contribution in [0, 0.1) is 0 Å². The summed E-state index contributed by atoms with van der Waals surface area (Å²) in [5.41, 5.74) is 7.49. The van der Waals surface area contributed by atoms with E-state index in [2.05, 4.69) is 65.8 Å². The van der Waals surface area contributed by atoms with E-state index in [1.54, 1.807) is 11.3 Å². The summed E-state index contributed by atoms with van der Waals surface area (Å²) >= 11 is 1.55. The van der Waals surface area contributed by atoms with E-state index in [-0.39, 0.29) is 0 Å². The van der Waals surface area contributed by atoms with Crippen LogP contribution in [0.1, 0.15) is 30.9 Å². The predicted octanol–water partition coefficient (Wildman–Crippen LogP) is 5.38. The molecule has 0 fully saturated rings. The molecule has 0 saturated carbocycles. The van der Waals surface area contributed by atoms with Crippen LogP contribution in [0.5, 0.6) is 0 Å². The highest BCUT2D eigenvalue weighted by atomic mass is 32.1. The minimum Gasteiger partial charge on any atom is -0.253 e. The molecule has 23 heavy (non-hydrogen) atoms. The first-order chi connectivity index (χ1) is 11.2. The second kappa shape index (κ2) is 7.20. The number of nitrogens with zero attached hydrogens (tertiary/aromatic N) is 2. The highest BCUT2D eigenvalue weighted by Gasteiger charge is 2.02. The Hall–Kier alpha value is -2.46. The SMILES string of the molecule is CC(C)c1ccc(C=NNc2nc(-c3ccccc3)cs2)cc1. The fourth-order valence-electron chi connectivity index (χ4n) is 2.20. The molecule has 1 N–H and O–H groups in total. The maximum absolute atomic E-state index is 4.54. The molecule has 3 nitrogen and oxygen atoms in total. The molecule has 3 rings (SSSR count). The summed E-state index contributed by atoms with van der Waals surface area (Å²) < 4.78 is 0. The van der Waals surface area contributed by atoms with Crippen molar-refractivity contribution in [3.05, 3.63) is 71.1 Å². The van der Waals surface area contributed by atoms with Crippen LogP contribution in [0.4, 0.5) is 5.13 Å². The van der Waals surface area contributed by atoms with Gasteiger partial charge < -0.3 is 0 Å². The molecule has 0 saturated heterocycles. The van der Waals surface area contributed by atoms with Gasteiger partial charge in [0.25, 0.3) is 0 Å². The third-order valence-electron chi connectivity index (χ3n) is 3.55. The summed E-state index contributed by atoms with van der Waals surface area (Å²) in [5.74, 6) is 0.547. The van der Waals surface area contributed by atoms with Crippen molar-refractivity contribution in [2.45, 2.75) is 19.8 Å². The molecule has 2 aromatic carbocycles. The van der Waals surface area contributed by atoms with Crippen LogP contribution >= 0.6 is 11.3 Å². The van der Waals surface area contributed by atoms with Crippen molar-refractivity contribution in [1.29, 1.82) is 0 Å². The largest absolute Gasteiger partial charge is 0.253 e. The van der Waals surface area contributed by atoms with Crippen LogP contribution in [0.2, 0.25) is 0 Å². The summed E-state index contributed by atoms with van der Waals surface area (Å²) in [5, 5.41) is 7.09. The molecular formula is C19H19N3S. The van der Waals surface area contributed by atoms with E-state index < -0.39 is 0 Å². The minimum absolute atomic E-state index is 0.547. The number of hydrogen-bond acceptors (Lipinski definition) is 4. The van der Waals surface area contributed by atoms with E-state index in [1.165, 1.54) is 5.56 Å². The Balaban J connectivity index is 1.63. The van der Waals surface area contributed by atoms with Gasteiger partial charge in [0.1, 0.15) is 0 Å². The first kappa shape index (κ1) is 15.4. The molecule has 0 spiro atoms. The molecule has 0 aliphatic carbocycles. The fourth-order valence-corrected chi connectivity index (χ4v) is 2.86. The number of anilines is 1. The summed E-state index contributed by atoms with van der Waals surface area (Å²) in [6, 6.07) is 18.6. The average Bonchev–Trinajstić information content (AvgIpc) is 3.05. The summed E-state index contributed by atoms with van der Waals surface area (Å²) in [6.07, 6.45) is 1.81. The molecule has 4 heteroatoms. The Morgan fingerprint density at radius 2 is 1.78 bits per heavy atom. The maximum Gasteiger partial charge on any atom is 0.203 e. The lowest BCUT2D eigenvalue weighted by molar-refractivity contribution is 0.866. The molecule has 3 aromatic rings. The van der Waals surface area contributed by atoms with Crippen LogP contribution in [-0.4, -0.2) is 11.2 Å². The van der Waals surface area contributed by atoms with Gasteiger partial charge in [-0.25, -0.2) is 4.98 Å². The number of hydrogen-bond donors (Lipinski definition) is 1. The van der Waals surface area contributed by atoms with Gasteiger partial charge in [0.05, 0.1) is 11.9 Å². The van der Waals surface area contributed by atoms with Crippen molar-refractivity contribution in [2.24, 2.45) is 5.10 Å². The normalized spacial score (nSPS) is 11.3. The Labute approximate surface area is 140 Å². The smallest absolute Gasteiger partial charge is 0.203 e. The zero-order valence-corrected chi connectivity index (χ0v) is 14.0. The van der Waals surface area contributed by atoms with Crippen molar-refractivity contribution >= 4 is 22.7 Å². The van der Waals surface area contributed by atoms with Crippen LogP contribution in [-0.2, 0) is 0 Å². The van der Waals surface area contributed by atoms with E-state index in [1.807, 2.05) is 29.8 Å². The van der Waals surface area contributed by atoms with Gasteiger partial charge >= 0.3 is 0 Å². The first-order valence-electron chi connectivity index (χ1n) is 7.62. The molecular weight excluding hydrogens is 302 g/mol. The molecule has 116 valence electrons. The van der Waals surface area contributed by atoms with Crippen molar-refractivity contribution in [3.8, 4) is 11.3 Å². The van der Waals surface area contributed by atoms with E-state index in [4.69, 9.17) is 0 Å². The summed E-state index contributed by atoms with van der Waals surface area (Å²) in [7, 11) is 0.